The summed E-state index contributed by atoms with van der Waals surface area (Å²) in [6, 6.07) is 47.2. The van der Waals surface area contributed by atoms with Crippen molar-refractivity contribution >= 4 is 39.8 Å². The fourth-order valence-corrected chi connectivity index (χ4v) is 5.01. The van der Waals surface area contributed by atoms with Gasteiger partial charge in [0.1, 0.15) is 6.15 Å². The summed E-state index contributed by atoms with van der Waals surface area (Å²) in [6.45, 7) is 0. The summed E-state index contributed by atoms with van der Waals surface area (Å²) >= 11 is 0. The zero-order valence-corrected chi connectivity index (χ0v) is 22.6. The van der Waals surface area contributed by atoms with Gasteiger partial charge >= 0.3 is 6.16 Å². The third-order valence-corrected chi connectivity index (χ3v) is 6.85. The first-order valence-corrected chi connectivity index (χ1v) is 12.9. The minimum absolute atomic E-state index is 0.743. The minimum Gasteiger partial charge on any atom is -0.434 e. The number of carbonyl (C=O) groups is 1. The van der Waals surface area contributed by atoms with E-state index in [1.165, 1.54) is 33.7 Å². The number of carbonyl (C=O) groups excluding carboxylic acids is 1. The van der Waals surface area contributed by atoms with Gasteiger partial charge in [0.25, 0.3) is 0 Å². The molecule has 0 saturated carbocycles. The van der Waals surface area contributed by atoms with E-state index in [0.717, 1.165) is 5.69 Å². The van der Waals surface area contributed by atoms with Crippen molar-refractivity contribution in [1.29, 1.82) is 0 Å². The van der Waals surface area contributed by atoms with E-state index in [1.54, 1.807) is 12.4 Å². The maximum absolute atomic E-state index is 10.7. The van der Waals surface area contributed by atoms with Crippen LogP contribution in [0.15, 0.2) is 146 Å². The second-order valence-electron chi connectivity index (χ2n) is 9.36. The van der Waals surface area contributed by atoms with Crippen LogP contribution < -0.4 is 36.3 Å². The summed E-state index contributed by atoms with van der Waals surface area (Å²) in [7, 11) is 5.12. The fraction of sp³-hybridized carbons (Fsp3) is 0.0909. The summed E-state index contributed by atoms with van der Waals surface area (Å²) in [5.41, 5.74) is 6.38. The summed E-state index contributed by atoms with van der Waals surface area (Å²) in [5, 5.41) is 0. The first kappa shape index (κ1) is 27.2. The summed E-state index contributed by atoms with van der Waals surface area (Å²) < 4.78 is 5.62. The van der Waals surface area contributed by atoms with Crippen molar-refractivity contribution < 1.29 is 19.1 Å². The standard InChI is InChI=1S/C24H20B.C9H13N2O3/c1-5-13-21(14-6-1)25(22-15-7-2-8-16-22,23-17-9-3-10-18-23)24-19-11-4-12-20-24;1-10(2)8-4-6-11(7-5-8)14-9(12)13-3/h1-20H;4-7H,1-3H3/q-1;+1. The zero-order valence-electron chi connectivity index (χ0n) is 22.6. The molecule has 1 heterocycles. The molecule has 0 saturated heterocycles. The Labute approximate surface area is 230 Å². The average molecular weight is 516 g/mol. The second-order valence-corrected chi connectivity index (χ2v) is 9.36. The molecule has 0 unspecified atom stereocenters. The van der Waals surface area contributed by atoms with E-state index in [0.29, 0.717) is 0 Å². The average Bonchev–Trinajstić information content (AvgIpc) is 3.00. The van der Waals surface area contributed by atoms with Gasteiger partial charge in [-0.05, 0) is 0 Å². The molecule has 39 heavy (non-hydrogen) atoms. The monoisotopic (exact) mass is 516 g/mol. The van der Waals surface area contributed by atoms with E-state index in [9.17, 15) is 4.79 Å². The van der Waals surface area contributed by atoms with Gasteiger partial charge in [0, 0.05) is 36.6 Å². The third kappa shape index (κ3) is 6.36. The van der Waals surface area contributed by atoms with Crippen molar-refractivity contribution in [2.75, 3.05) is 26.1 Å². The van der Waals surface area contributed by atoms with Gasteiger partial charge in [0.2, 0.25) is 12.4 Å². The molecule has 5 aromatic rings. The molecule has 0 aliphatic carbocycles. The number of pyridine rings is 1. The lowest BCUT2D eigenvalue weighted by molar-refractivity contribution is -0.870. The molecule has 0 bridgehead atoms. The highest BCUT2D eigenvalue weighted by atomic mass is 16.8. The maximum atomic E-state index is 10.7. The number of nitrogens with zero attached hydrogens (tertiary/aromatic N) is 2. The van der Waals surface area contributed by atoms with Crippen LogP contribution in [0.1, 0.15) is 0 Å². The summed E-state index contributed by atoms with van der Waals surface area (Å²) in [4.78, 5) is 17.4. The van der Waals surface area contributed by atoms with Crippen molar-refractivity contribution in [3.8, 4) is 0 Å². The van der Waals surface area contributed by atoms with E-state index >= 15 is 0 Å². The molecule has 0 N–H and O–H groups in total. The van der Waals surface area contributed by atoms with Gasteiger partial charge in [-0.2, -0.15) is 26.6 Å². The number of hydrogen-bond donors (Lipinski definition) is 0. The molecule has 0 spiro atoms. The number of rotatable bonds is 6. The number of benzene rings is 4. The van der Waals surface area contributed by atoms with Gasteiger partial charge in [-0.3, -0.25) is 0 Å². The molecule has 0 aliphatic heterocycles. The predicted octanol–water partition coefficient (Wildman–Crippen LogP) is 3.30. The van der Waals surface area contributed by atoms with E-state index in [4.69, 9.17) is 4.84 Å². The van der Waals surface area contributed by atoms with Crippen LogP contribution in [0, 0.1) is 0 Å². The Morgan fingerprint density at radius 2 is 0.923 bits per heavy atom. The summed E-state index contributed by atoms with van der Waals surface area (Å²) in [6.07, 6.45) is 1.30. The fourth-order valence-electron chi connectivity index (χ4n) is 5.01. The normalized spacial score (nSPS) is 10.5. The lowest BCUT2D eigenvalue weighted by atomic mass is 9.13. The molecular formula is C33H33BN2O3. The van der Waals surface area contributed by atoms with E-state index in [1.807, 2.05) is 31.1 Å². The maximum Gasteiger partial charge on any atom is 0.571 e. The van der Waals surface area contributed by atoms with Crippen LogP contribution >= 0.6 is 0 Å². The van der Waals surface area contributed by atoms with Gasteiger partial charge in [-0.25, -0.2) is 0 Å². The van der Waals surface area contributed by atoms with Crippen molar-refractivity contribution in [3.05, 3.63) is 146 Å². The van der Waals surface area contributed by atoms with Crippen LogP contribution in [0.4, 0.5) is 10.5 Å². The molecule has 0 fully saturated rings. The molecule has 0 amide bonds. The van der Waals surface area contributed by atoms with Gasteiger partial charge in [-0.15, -0.1) is 4.84 Å². The second kappa shape index (κ2) is 13.1. The number of aromatic nitrogens is 1. The molecule has 0 aliphatic rings. The Balaban J connectivity index is 0.000000215. The Bertz CT molecular complexity index is 1270. The predicted molar refractivity (Wildman–Crippen MR) is 160 cm³/mol. The van der Waals surface area contributed by atoms with Crippen LogP contribution in [0.25, 0.3) is 0 Å². The molecule has 5 nitrogen and oxygen atoms in total. The van der Waals surface area contributed by atoms with Gasteiger partial charge in [0.15, 0.2) is 0 Å². The highest BCUT2D eigenvalue weighted by Gasteiger charge is 2.31. The van der Waals surface area contributed by atoms with Gasteiger partial charge < -0.3 is 9.64 Å². The smallest absolute Gasteiger partial charge is 0.434 e. The molecule has 196 valence electrons. The number of anilines is 1. The van der Waals surface area contributed by atoms with Crippen LogP contribution in [0.3, 0.4) is 0 Å². The molecule has 6 heteroatoms. The lowest BCUT2D eigenvalue weighted by Gasteiger charge is -2.44. The van der Waals surface area contributed by atoms with Crippen molar-refractivity contribution in [2.24, 2.45) is 0 Å². The van der Waals surface area contributed by atoms with E-state index in [-0.39, 0.29) is 0 Å². The quantitative estimate of drug-likeness (QED) is 0.197. The van der Waals surface area contributed by atoms with Crippen molar-refractivity contribution in [1.82, 2.24) is 0 Å². The highest BCUT2D eigenvalue weighted by molar-refractivity contribution is 7.19. The molecule has 4 aromatic carbocycles. The molecule has 0 atom stereocenters. The zero-order chi connectivity index (χ0) is 27.5. The Morgan fingerprint density at radius 1 is 0.590 bits per heavy atom. The first-order chi connectivity index (χ1) is 19.1. The highest BCUT2D eigenvalue weighted by Crippen LogP contribution is 2.09. The number of methoxy groups -OCH3 is 1. The number of ether oxygens (including phenoxy) is 1. The first-order valence-electron chi connectivity index (χ1n) is 12.9. The summed E-state index contributed by atoms with van der Waals surface area (Å²) in [5.74, 6) is 0. The van der Waals surface area contributed by atoms with Crippen LogP contribution in [-0.4, -0.2) is 33.5 Å². The van der Waals surface area contributed by atoms with Gasteiger partial charge in [-0.1, -0.05) is 121 Å². The SMILES string of the molecule is COC(=O)O[n+]1ccc(N(C)C)cc1.c1ccc([B-](c2ccccc2)(c2ccccc2)c2ccccc2)cc1. The van der Waals surface area contributed by atoms with Gasteiger partial charge in [0.05, 0.1) is 7.11 Å². The van der Waals surface area contributed by atoms with Crippen molar-refractivity contribution in [2.45, 2.75) is 0 Å². The molecule has 0 radical (unpaired) electrons. The third-order valence-electron chi connectivity index (χ3n) is 6.85. The van der Waals surface area contributed by atoms with Crippen LogP contribution in [0.2, 0.25) is 0 Å². The Kier molecular flexibility index (Phi) is 9.14. The van der Waals surface area contributed by atoms with Crippen molar-refractivity contribution in [3.63, 3.8) is 0 Å². The Hall–Kier alpha value is -4.84. The minimum atomic E-state index is -1.22. The largest absolute Gasteiger partial charge is 0.571 e. The van der Waals surface area contributed by atoms with E-state index in [2.05, 4.69) is 126 Å². The number of hydrogen-bond acceptors (Lipinski definition) is 4. The van der Waals surface area contributed by atoms with E-state index < -0.39 is 12.3 Å². The lowest BCUT2D eigenvalue weighted by Crippen LogP contribution is -2.74. The topological polar surface area (TPSA) is 42.7 Å². The molecule has 1 aromatic heterocycles. The van der Waals surface area contributed by atoms with Crippen LogP contribution in [0.5, 0.6) is 0 Å². The Morgan fingerprint density at radius 3 is 1.21 bits per heavy atom. The van der Waals surface area contributed by atoms with Crippen LogP contribution in [-0.2, 0) is 4.74 Å². The molecular weight excluding hydrogens is 483 g/mol. The molecule has 5 rings (SSSR count).